The molecule has 0 unspecified atom stereocenters. The highest BCUT2D eigenvalue weighted by molar-refractivity contribution is 6.01. The average molecular weight is 605 g/mol. The van der Waals surface area contributed by atoms with Gasteiger partial charge >= 0.3 is 0 Å². The molecule has 45 heavy (non-hydrogen) atoms. The lowest BCUT2D eigenvalue weighted by molar-refractivity contribution is -0.116. The fraction of sp³-hybridized carbons (Fsp3) is 0.382. The van der Waals surface area contributed by atoms with Crippen LogP contribution >= 0.6 is 0 Å². The lowest BCUT2D eigenvalue weighted by Crippen LogP contribution is -2.40. The molecule has 230 valence electrons. The Morgan fingerprint density at radius 1 is 1.09 bits per heavy atom. The van der Waals surface area contributed by atoms with Crippen molar-refractivity contribution >= 4 is 39.7 Å². The van der Waals surface area contributed by atoms with E-state index in [-0.39, 0.29) is 29.9 Å². The summed E-state index contributed by atoms with van der Waals surface area (Å²) >= 11 is 0. The van der Waals surface area contributed by atoms with E-state index in [2.05, 4.69) is 27.0 Å². The van der Waals surface area contributed by atoms with Crippen LogP contribution in [0.2, 0.25) is 0 Å². The Balaban J connectivity index is 1.25. The van der Waals surface area contributed by atoms with Gasteiger partial charge in [-0.05, 0) is 74.6 Å². The SMILES string of the molecule is COc1cc(C(=O)N2[C@H]3CC[C@@H]2[C@H](N)C3)cc2nc(-c3cc4ccc5nc4n3CCCCCC(=O)Nc3ncccc3-5)n(C)c12. The number of rotatable bonds is 3. The molecule has 0 aliphatic carbocycles. The molecular formula is C34H36N8O3. The van der Waals surface area contributed by atoms with Crippen LogP contribution in [-0.2, 0) is 18.4 Å². The summed E-state index contributed by atoms with van der Waals surface area (Å²) in [7, 11) is 3.61. The van der Waals surface area contributed by atoms with E-state index in [1.165, 1.54) is 0 Å². The molecule has 3 aliphatic heterocycles. The maximum Gasteiger partial charge on any atom is 0.254 e. The zero-order chi connectivity index (χ0) is 30.8. The smallest absolute Gasteiger partial charge is 0.254 e. The van der Waals surface area contributed by atoms with Crippen LogP contribution in [-0.4, -0.2) is 66.0 Å². The highest BCUT2D eigenvalue weighted by Gasteiger charge is 2.47. The van der Waals surface area contributed by atoms with E-state index in [9.17, 15) is 9.59 Å². The predicted molar refractivity (Wildman–Crippen MR) is 172 cm³/mol. The van der Waals surface area contributed by atoms with Crippen LogP contribution in [0.4, 0.5) is 5.82 Å². The number of carbonyl (C=O) groups excluding carboxylic acids is 2. The normalized spacial score (nSPS) is 21.4. The Hall–Kier alpha value is -4.77. The first-order chi connectivity index (χ1) is 21.9. The number of imidazole rings is 1. The molecule has 0 radical (unpaired) electrons. The average Bonchev–Trinajstić information content (AvgIpc) is 3.79. The minimum absolute atomic E-state index is 0.00574. The number of nitrogens with zero attached hydrogens (tertiary/aromatic N) is 6. The van der Waals surface area contributed by atoms with Crippen molar-refractivity contribution in [1.29, 1.82) is 0 Å². The van der Waals surface area contributed by atoms with Gasteiger partial charge in [-0.2, -0.15) is 0 Å². The number of nitrogens with two attached hydrogens (primary N) is 1. The topological polar surface area (TPSA) is 133 Å². The number of nitrogens with one attached hydrogen (secondary N) is 1. The summed E-state index contributed by atoms with van der Waals surface area (Å²) in [6.45, 7) is 0.721. The van der Waals surface area contributed by atoms with Gasteiger partial charge in [0.1, 0.15) is 22.7 Å². The summed E-state index contributed by atoms with van der Waals surface area (Å²) in [5.41, 5.74) is 11.7. The van der Waals surface area contributed by atoms with Gasteiger partial charge in [0.2, 0.25) is 5.91 Å². The molecule has 3 N–H and O–H groups in total. The van der Waals surface area contributed by atoms with Crippen LogP contribution < -0.4 is 15.8 Å². The van der Waals surface area contributed by atoms with Crippen LogP contribution in [0.5, 0.6) is 5.75 Å². The molecule has 0 saturated carbocycles. The second-order valence-corrected chi connectivity index (χ2v) is 12.5. The van der Waals surface area contributed by atoms with Crippen LogP contribution in [0.1, 0.15) is 55.3 Å². The molecule has 0 spiro atoms. The number of carbonyl (C=O) groups is 2. The molecule has 2 saturated heterocycles. The van der Waals surface area contributed by atoms with Crippen molar-refractivity contribution in [2.45, 2.75) is 69.6 Å². The third-order valence-electron chi connectivity index (χ3n) is 9.82. The van der Waals surface area contributed by atoms with Crippen LogP contribution in [0, 0.1) is 0 Å². The van der Waals surface area contributed by atoms with Gasteiger partial charge in [-0.25, -0.2) is 15.0 Å². The Morgan fingerprint density at radius 3 is 2.78 bits per heavy atom. The van der Waals surface area contributed by atoms with Gasteiger partial charge in [0, 0.05) is 60.8 Å². The van der Waals surface area contributed by atoms with Gasteiger partial charge in [0.05, 0.1) is 24.0 Å². The first-order valence-electron chi connectivity index (χ1n) is 15.8. The second-order valence-electron chi connectivity index (χ2n) is 12.5. The number of methoxy groups -OCH3 is 1. The van der Waals surface area contributed by atoms with E-state index in [4.69, 9.17) is 20.4 Å². The molecule has 3 atom stereocenters. The Kier molecular flexibility index (Phi) is 6.59. The molecule has 2 fully saturated rings. The zero-order valence-corrected chi connectivity index (χ0v) is 25.5. The highest BCUT2D eigenvalue weighted by Crippen LogP contribution is 2.40. The van der Waals surface area contributed by atoms with Crippen molar-refractivity contribution in [3.63, 3.8) is 0 Å². The molecular weight excluding hydrogens is 568 g/mol. The van der Waals surface area contributed by atoms with Crippen molar-refractivity contribution in [2.24, 2.45) is 12.8 Å². The Labute approximate surface area is 260 Å². The third-order valence-corrected chi connectivity index (χ3v) is 9.82. The van der Waals surface area contributed by atoms with Gasteiger partial charge in [-0.15, -0.1) is 0 Å². The first kappa shape index (κ1) is 27.8. The van der Waals surface area contributed by atoms with E-state index in [1.54, 1.807) is 13.3 Å². The van der Waals surface area contributed by atoms with E-state index in [0.717, 1.165) is 84.4 Å². The van der Waals surface area contributed by atoms with Crippen molar-refractivity contribution in [3.05, 3.63) is 54.2 Å². The summed E-state index contributed by atoms with van der Waals surface area (Å²) in [6.07, 6.45) is 7.50. The standard InChI is InChI=1S/C34H36N8O3/c1-40-30-25(15-20(17-28(30)45-2)34(44)42-21-10-12-26(42)23(35)18-21)38-33(40)27-16-19-9-11-24-22-7-6-13-36-31(22)39-29(43)8-4-3-5-14-41(27)32(19)37-24/h6-7,9,11,13,15-17,21,23,26H,3-5,8,10,12,14,18,35H2,1-2H3,(H,36,39,43)/t21-,23+,26+/m0/s1. The van der Waals surface area contributed by atoms with Gasteiger partial charge in [-0.1, -0.05) is 6.42 Å². The summed E-state index contributed by atoms with van der Waals surface area (Å²) in [6, 6.07) is 14.0. The van der Waals surface area contributed by atoms with Gasteiger partial charge in [0.25, 0.3) is 5.91 Å². The van der Waals surface area contributed by atoms with Crippen molar-refractivity contribution in [3.8, 4) is 28.5 Å². The molecule has 1 aromatic carbocycles. The summed E-state index contributed by atoms with van der Waals surface area (Å²) in [5.74, 6) is 1.84. The number of hydrogen-bond acceptors (Lipinski definition) is 7. The fourth-order valence-electron chi connectivity index (χ4n) is 7.65. The largest absolute Gasteiger partial charge is 0.494 e. The van der Waals surface area contributed by atoms with E-state index < -0.39 is 0 Å². The monoisotopic (exact) mass is 604 g/mol. The van der Waals surface area contributed by atoms with Crippen LogP contribution in [0.25, 0.3) is 44.8 Å². The maximum absolute atomic E-state index is 13.8. The quantitative estimate of drug-likeness (QED) is 0.300. The minimum Gasteiger partial charge on any atom is -0.494 e. The molecule has 4 aromatic heterocycles. The predicted octanol–water partition coefficient (Wildman–Crippen LogP) is 4.88. The zero-order valence-electron chi connectivity index (χ0n) is 25.5. The van der Waals surface area contributed by atoms with Gasteiger partial charge in [0.15, 0.2) is 5.82 Å². The Morgan fingerprint density at radius 2 is 1.98 bits per heavy atom. The molecule has 7 heterocycles. The lowest BCUT2D eigenvalue weighted by atomic mass is 9.97. The van der Waals surface area contributed by atoms with E-state index in [1.807, 2.05) is 46.8 Å². The summed E-state index contributed by atoms with van der Waals surface area (Å²) in [4.78, 5) is 43.1. The molecule has 3 aliphatic rings. The second kappa shape index (κ2) is 10.7. The molecule has 11 heteroatoms. The molecule has 8 rings (SSSR count). The minimum atomic E-state index is -0.0395. The van der Waals surface area contributed by atoms with Crippen molar-refractivity contribution < 1.29 is 14.3 Å². The van der Waals surface area contributed by atoms with E-state index >= 15 is 0 Å². The van der Waals surface area contributed by atoms with Crippen LogP contribution in [0.3, 0.4) is 0 Å². The third kappa shape index (κ3) is 4.48. The molecule has 4 bridgehead atoms. The van der Waals surface area contributed by atoms with Crippen LogP contribution in [0.15, 0.2) is 48.7 Å². The van der Waals surface area contributed by atoms with Gasteiger partial charge < -0.3 is 29.8 Å². The lowest BCUT2D eigenvalue weighted by Gasteiger charge is -2.23. The van der Waals surface area contributed by atoms with Gasteiger partial charge in [-0.3, -0.25) is 9.59 Å². The fourth-order valence-corrected chi connectivity index (χ4v) is 7.65. The number of hydrogen-bond donors (Lipinski definition) is 2. The first-order valence-corrected chi connectivity index (χ1v) is 15.8. The van der Waals surface area contributed by atoms with E-state index in [0.29, 0.717) is 29.1 Å². The summed E-state index contributed by atoms with van der Waals surface area (Å²) < 4.78 is 10.1. The number of benzene rings is 1. The maximum atomic E-state index is 13.8. The molecule has 5 aromatic rings. The molecule has 11 nitrogen and oxygen atoms in total. The van der Waals surface area contributed by atoms with Crippen molar-refractivity contribution in [2.75, 3.05) is 12.4 Å². The molecule has 2 amide bonds. The summed E-state index contributed by atoms with van der Waals surface area (Å²) in [5, 5.41) is 3.98. The number of anilines is 1. The Bertz CT molecular complexity index is 1990. The highest BCUT2D eigenvalue weighted by atomic mass is 16.5. The number of aromatic nitrogens is 5. The number of amides is 2. The number of aryl methyl sites for hydroxylation is 2. The number of pyridine rings is 2. The number of ether oxygens (including phenoxy) is 1. The van der Waals surface area contributed by atoms with Crippen molar-refractivity contribution in [1.82, 2.24) is 29.0 Å². The number of fused-ring (bicyclic) bond motifs is 6.